The molecule has 1 aliphatic rings. The van der Waals surface area contributed by atoms with Crippen LogP contribution in [0.25, 0.3) is 0 Å². The van der Waals surface area contributed by atoms with Gasteiger partial charge in [-0.15, -0.1) is 0 Å². The minimum atomic E-state index is -5.37. The van der Waals surface area contributed by atoms with Crippen molar-refractivity contribution in [2.24, 2.45) is 0 Å². The number of carbonyl (C=O) groups is 2. The van der Waals surface area contributed by atoms with Gasteiger partial charge in [-0.05, 0) is 44.9 Å². The number of esters is 2. The molecule has 0 bridgehead atoms. The number of rotatable bonds is 39. The molecule has 0 heterocycles. The zero-order valence-electron chi connectivity index (χ0n) is 39.2. The number of unbranched alkanes of at least 4 members (excludes halogenated alkanes) is 15. The molecule has 19 heteroatoms. The Morgan fingerprint density at radius 2 is 1.05 bits per heavy atom. The van der Waals surface area contributed by atoms with Gasteiger partial charge in [-0.2, -0.15) is 0 Å². The number of phosphoric acid groups is 2. The first-order chi connectivity index (χ1) is 31.5. The quantitative estimate of drug-likeness (QED) is 0.00951. The highest BCUT2D eigenvalue weighted by Crippen LogP contribution is 2.49. The Morgan fingerprint density at radius 3 is 1.58 bits per heavy atom. The van der Waals surface area contributed by atoms with Crippen LogP contribution in [0, 0.1) is 0 Å². The molecule has 8 N–H and O–H groups in total. The Bertz CT molecular complexity index is 1530. The summed E-state index contributed by atoms with van der Waals surface area (Å²) in [5.41, 5.74) is 0. The summed E-state index contributed by atoms with van der Waals surface area (Å²) < 4.78 is 49.3. The maximum absolute atomic E-state index is 13.0. The lowest BCUT2D eigenvalue weighted by molar-refractivity contribution is -0.216. The van der Waals surface area contributed by atoms with Crippen molar-refractivity contribution in [3.63, 3.8) is 0 Å². The van der Waals surface area contributed by atoms with Crippen LogP contribution in [0.15, 0.2) is 60.8 Å². The van der Waals surface area contributed by atoms with E-state index in [-0.39, 0.29) is 12.8 Å². The van der Waals surface area contributed by atoms with Gasteiger partial charge in [-0.25, -0.2) is 9.13 Å². The Kier molecular flexibility index (Phi) is 35.1. The average Bonchev–Trinajstić information content (AvgIpc) is 3.27. The second-order valence-electron chi connectivity index (χ2n) is 16.7. The van der Waals surface area contributed by atoms with E-state index in [1.54, 1.807) is 6.08 Å². The third kappa shape index (κ3) is 31.7. The van der Waals surface area contributed by atoms with E-state index < -0.39 is 89.6 Å². The van der Waals surface area contributed by atoms with Crippen molar-refractivity contribution >= 4 is 27.6 Å². The van der Waals surface area contributed by atoms with E-state index in [1.807, 2.05) is 49.5 Å². The highest BCUT2D eigenvalue weighted by Gasteiger charge is 2.54. The number of allylic oxidation sites excluding steroid dienone is 9. The predicted octanol–water partition coefficient (Wildman–Crippen LogP) is 8.03. The summed E-state index contributed by atoms with van der Waals surface area (Å²) in [7, 11) is -10.7. The van der Waals surface area contributed by atoms with Gasteiger partial charge in [0.1, 0.15) is 43.2 Å². The Morgan fingerprint density at radius 1 is 0.561 bits per heavy atom. The number of hydrogen-bond acceptors (Lipinski definition) is 14. The van der Waals surface area contributed by atoms with Gasteiger partial charge in [0.25, 0.3) is 0 Å². The normalized spacial score (nSPS) is 22.5. The Hall–Kier alpha value is -2.34. The van der Waals surface area contributed by atoms with Crippen molar-refractivity contribution in [2.45, 2.75) is 210 Å². The van der Waals surface area contributed by atoms with Crippen molar-refractivity contribution < 1.29 is 82.0 Å². The number of phosphoric ester groups is 2. The molecular weight excluding hydrogens is 898 g/mol. The standard InChI is InChI=1S/C47H82O17P2/c1-3-5-6-7-8-9-10-11-12-17-20-23-26-29-32-35-41(50)62-39(37-61-66(58,59)64-47-44(53)42(51)43(52)46(45(47)54)63-65(55,56)57)36-60-40(49)34-31-28-25-22-19-16-14-13-15-18-21-24-27-30-33-38(48)4-2/h14-16,18,22,24-25,27,30,33,38-39,42-48,51-54H,3-13,17,19-21,23,26,28-29,31-32,34-37H2,1-2H3,(H,58,59)(H2,55,56,57)/b16-14-,18-15-,25-22-,27-24-,33-30+/t38-,39+,42?,43?,44?,45?,46+,47-/m0/s1. The molecule has 0 amide bonds. The van der Waals surface area contributed by atoms with E-state index in [4.69, 9.17) is 18.5 Å². The number of carbonyl (C=O) groups excluding carboxylic acids is 2. The number of hydrogen-bond donors (Lipinski definition) is 8. The highest BCUT2D eigenvalue weighted by atomic mass is 31.2. The Labute approximate surface area is 392 Å². The molecule has 0 aromatic carbocycles. The molecule has 0 aromatic rings. The molecule has 1 saturated carbocycles. The summed E-state index contributed by atoms with van der Waals surface area (Å²) >= 11 is 0. The largest absolute Gasteiger partial charge is 0.472 e. The number of aliphatic hydroxyl groups excluding tert-OH is 5. The molecule has 1 rings (SSSR count). The second-order valence-corrected chi connectivity index (χ2v) is 19.3. The van der Waals surface area contributed by atoms with Crippen molar-refractivity contribution in [3.8, 4) is 0 Å². The second kappa shape index (κ2) is 37.5. The minimum absolute atomic E-state index is 0.0255. The molecule has 0 aromatic heterocycles. The summed E-state index contributed by atoms with van der Waals surface area (Å²) in [4.78, 5) is 54.3. The number of ether oxygens (including phenoxy) is 2. The highest BCUT2D eigenvalue weighted by molar-refractivity contribution is 7.47. The van der Waals surface area contributed by atoms with Crippen molar-refractivity contribution in [2.75, 3.05) is 13.2 Å². The first kappa shape index (κ1) is 61.7. The molecule has 0 aliphatic heterocycles. The van der Waals surface area contributed by atoms with Crippen LogP contribution in [0.4, 0.5) is 0 Å². The summed E-state index contributed by atoms with van der Waals surface area (Å²) in [5.74, 6) is -1.29. The van der Waals surface area contributed by atoms with Crippen LogP contribution in [-0.2, 0) is 41.8 Å². The summed E-state index contributed by atoms with van der Waals surface area (Å²) in [6.45, 7) is 2.73. The molecular formula is C47H82O17P2. The maximum Gasteiger partial charge on any atom is 0.472 e. The molecule has 0 radical (unpaired) electrons. The van der Waals surface area contributed by atoms with Gasteiger partial charge < -0.3 is 49.7 Å². The first-order valence-electron chi connectivity index (χ1n) is 23.9. The van der Waals surface area contributed by atoms with Crippen LogP contribution in [0.2, 0.25) is 0 Å². The molecule has 1 fully saturated rings. The van der Waals surface area contributed by atoms with Crippen molar-refractivity contribution in [1.82, 2.24) is 0 Å². The zero-order chi connectivity index (χ0) is 49.1. The van der Waals surface area contributed by atoms with Gasteiger partial charge in [0, 0.05) is 12.8 Å². The summed E-state index contributed by atoms with van der Waals surface area (Å²) in [5, 5.41) is 50.7. The lowest BCUT2D eigenvalue weighted by atomic mass is 9.85. The molecule has 0 saturated heterocycles. The fourth-order valence-electron chi connectivity index (χ4n) is 6.90. The lowest BCUT2D eigenvalue weighted by Crippen LogP contribution is -2.64. The SMILES string of the molecule is CCCCCCCCCCCCCCCCCC(=O)O[C@H](COC(=O)CCC/C=C\C/C=C\C/C=C\C/C=C\C=C\[C@@H](O)CC)COP(=O)(O)O[C@H]1C(O)C(O)C(O)[C@@H](OP(=O)(O)O)C1O. The summed E-state index contributed by atoms with van der Waals surface area (Å²) in [6, 6.07) is 0. The van der Waals surface area contributed by atoms with Gasteiger partial charge in [-0.1, -0.05) is 164 Å². The fourth-order valence-corrected chi connectivity index (χ4v) is 8.43. The molecule has 66 heavy (non-hydrogen) atoms. The van der Waals surface area contributed by atoms with E-state index in [1.165, 1.54) is 64.2 Å². The van der Waals surface area contributed by atoms with E-state index in [2.05, 4.69) is 23.6 Å². The van der Waals surface area contributed by atoms with Gasteiger partial charge in [0.2, 0.25) is 0 Å². The van der Waals surface area contributed by atoms with E-state index >= 15 is 0 Å². The van der Waals surface area contributed by atoms with Crippen LogP contribution < -0.4 is 0 Å². The molecule has 0 spiro atoms. The average molecular weight is 981 g/mol. The molecule has 17 nitrogen and oxygen atoms in total. The van der Waals surface area contributed by atoms with E-state index in [0.29, 0.717) is 25.7 Å². The van der Waals surface area contributed by atoms with Crippen LogP contribution in [0.1, 0.15) is 162 Å². The van der Waals surface area contributed by atoms with Gasteiger partial charge in [0.15, 0.2) is 6.10 Å². The van der Waals surface area contributed by atoms with Crippen LogP contribution in [0.5, 0.6) is 0 Å². The van der Waals surface area contributed by atoms with Gasteiger partial charge in [-0.3, -0.25) is 23.2 Å². The molecule has 5 unspecified atom stereocenters. The zero-order valence-corrected chi connectivity index (χ0v) is 41.0. The van der Waals surface area contributed by atoms with E-state index in [0.717, 1.165) is 44.9 Å². The van der Waals surface area contributed by atoms with E-state index in [9.17, 15) is 58.9 Å². The summed E-state index contributed by atoms with van der Waals surface area (Å²) in [6.07, 6.45) is 25.6. The molecule has 9 atom stereocenters. The van der Waals surface area contributed by atoms with Crippen LogP contribution in [-0.4, -0.2) is 114 Å². The molecule has 1 aliphatic carbocycles. The molecule has 382 valence electrons. The van der Waals surface area contributed by atoms with Crippen LogP contribution in [0.3, 0.4) is 0 Å². The van der Waals surface area contributed by atoms with Crippen molar-refractivity contribution in [3.05, 3.63) is 60.8 Å². The fraction of sp³-hybridized carbons (Fsp3) is 0.745. The third-order valence-corrected chi connectivity index (χ3v) is 12.3. The predicted molar refractivity (Wildman–Crippen MR) is 252 cm³/mol. The number of aliphatic hydroxyl groups is 5. The first-order valence-corrected chi connectivity index (χ1v) is 27.0. The van der Waals surface area contributed by atoms with Gasteiger partial charge >= 0.3 is 27.6 Å². The maximum atomic E-state index is 13.0. The Balaban J connectivity index is 2.63. The van der Waals surface area contributed by atoms with Gasteiger partial charge in [0.05, 0.1) is 12.7 Å². The smallest absolute Gasteiger partial charge is 0.462 e. The monoisotopic (exact) mass is 981 g/mol. The third-order valence-electron chi connectivity index (χ3n) is 10.8. The van der Waals surface area contributed by atoms with Crippen molar-refractivity contribution in [1.29, 1.82) is 0 Å². The van der Waals surface area contributed by atoms with Crippen LogP contribution >= 0.6 is 15.6 Å². The lowest BCUT2D eigenvalue weighted by Gasteiger charge is -2.43. The minimum Gasteiger partial charge on any atom is -0.462 e. The topological polar surface area (TPSA) is 276 Å².